The normalized spacial score (nSPS) is 14.2. The predicted octanol–water partition coefficient (Wildman–Crippen LogP) is 4.36. The molecule has 2 N–H and O–H groups in total. The van der Waals surface area contributed by atoms with Gasteiger partial charge in [-0.05, 0) is 44.0 Å². The first-order valence-electron chi connectivity index (χ1n) is 9.93. The van der Waals surface area contributed by atoms with E-state index in [-0.39, 0.29) is 0 Å². The van der Waals surface area contributed by atoms with Gasteiger partial charge in [0.1, 0.15) is 5.82 Å². The summed E-state index contributed by atoms with van der Waals surface area (Å²) in [5.74, 6) is 1.06. The van der Waals surface area contributed by atoms with Crippen LogP contribution in [0.1, 0.15) is 26.3 Å². The lowest BCUT2D eigenvalue weighted by molar-refractivity contribution is 0.585. The summed E-state index contributed by atoms with van der Waals surface area (Å²) in [4.78, 5) is 6.87. The molecule has 1 aliphatic heterocycles. The quantitative estimate of drug-likeness (QED) is 0.399. The van der Waals surface area contributed by atoms with Crippen LogP contribution >= 0.6 is 0 Å². The van der Waals surface area contributed by atoms with Crippen LogP contribution in [0.3, 0.4) is 0 Å². The minimum atomic E-state index is 0.792. The van der Waals surface area contributed by atoms with Gasteiger partial charge in [-0.15, -0.1) is 0 Å². The largest absolute Gasteiger partial charge is 0.354 e. The number of nitrogens with one attached hydrogen (secondary N) is 2. The van der Waals surface area contributed by atoms with E-state index in [1.807, 2.05) is 25.3 Å². The number of nitrogens with zero attached hydrogens (tertiary/aromatic N) is 2. The Labute approximate surface area is 171 Å². The van der Waals surface area contributed by atoms with Gasteiger partial charge in [0, 0.05) is 45.5 Å². The molecule has 1 fully saturated rings. The molecule has 0 radical (unpaired) electrons. The van der Waals surface area contributed by atoms with Crippen molar-refractivity contribution in [1.29, 1.82) is 0 Å². The van der Waals surface area contributed by atoms with Gasteiger partial charge in [-0.3, -0.25) is 0 Å². The fourth-order valence-corrected chi connectivity index (χ4v) is 2.42. The predicted molar refractivity (Wildman–Crippen MR) is 125 cm³/mol. The van der Waals surface area contributed by atoms with Crippen LogP contribution in [-0.2, 0) is 0 Å². The summed E-state index contributed by atoms with van der Waals surface area (Å²) in [7, 11) is 0. The fraction of sp³-hybridized carbons (Fsp3) is 0.375. The number of allylic oxidation sites excluding steroid dienone is 4. The van der Waals surface area contributed by atoms with Gasteiger partial charge in [0.05, 0.1) is 0 Å². The maximum Gasteiger partial charge on any atom is 0.128 e. The maximum absolute atomic E-state index is 4.56. The number of pyridine rings is 1. The average molecular weight is 381 g/mol. The van der Waals surface area contributed by atoms with Crippen molar-refractivity contribution in [2.45, 2.75) is 20.8 Å². The molecular weight excluding hydrogens is 344 g/mol. The SMILES string of the molecule is C=C/C=C(\C=C)CNC/C=C/c1ccc(N2CCNCC2)nc1.CC=C(C)C. The van der Waals surface area contributed by atoms with Crippen LogP contribution < -0.4 is 15.5 Å². The van der Waals surface area contributed by atoms with Crippen molar-refractivity contribution in [1.82, 2.24) is 15.6 Å². The lowest BCUT2D eigenvalue weighted by Crippen LogP contribution is -2.43. The van der Waals surface area contributed by atoms with Gasteiger partial charge in [0.25, 0.3) is 0 Å². The van der Waals surface area contributed by atoms with E-state index in [2.05, 4.69) is 77.9 Å². The summed E-state index contributed by atoms with van der Waals surface area (Å²) in [5.41, 5.74) is 3.64. The van der Waals surface area contributed by atoms with Gasteiger partial charge in [0.2, 0.25) is 0 Å². The summed E-state index contributed by atoms with van der Waals surface area (Å²) in [5, 5.41) is 6.70. The van der Waals surface area contributed by atoms with Crippen molar-refractivity contribution >= 4 is 11.9 Å². The standard InChI is InChI=1S/C19H26N4.C5H10/c1-3-6-17(4-2)15-21-10-5-7-18-8-9-19(22-16-18)23-13-11-20-12-14-23;1-4-5(2)3/h3-9,16,20-21H,1-2,10-15H2;4H,1-3H3/b7-5+,17-6+;. The third kappa shape index (κ3) is 10.0. The van der Waals surface area contributed by atoms with E-state index >= 15 is 0 Å². The van der Waals surface area contributed by atoms with Crippen molar-refractivity contribution in [2.24, 2.45) is 0 Å². The lowest BCUT2D eigenvalue weighted by Gasteiger charge is -2.28. The Morgan fingerprint density at radius 3 is 2.50 bits per heavy atom. The van der Waals surface area contributed by atoms with Crippen molar-refractivity contribution in [3.8, 4) is 0 Å². The van der Waals surface area contributed by atoms with Gasteiger partial charge in [-0.25, -0.2) is 4.98 Å². The number of hydrogen-bond donors (Lipinski definition) is 2. The molecule has 1 aromatic heterocycles. The molecule has 4 heteroatoms. The van der Waals surface area contributed by atoms with Crippen LogP contribution in [0.15, 0.2) is 73.0 Å². The molecule has 4 nitrogen and oxygen atoms in total. The zero-order chi connectivity index (χ0) is 20.6. The zero-order valence-corrected chi connectivity index (χ0v) is 17.7. The summed E-state index contributed by atoms with van der Waals surface area (Å²) in [6, 6.07) is 4.22. The number of anilines is 1. The highest BCUT2D eigenvalue weighted by atomic mass is 15.2. The van der Waals surface area contributed by atoms with Crippen LogP contribution in [0.4, 0.5) is 5.82 Å². The second-order valence-electron chi connectivity index (χ2n) is 6.77. The molecule has 0 aromatic carbocycles. The third-order valence-electron chi connectivity index (χ3n) is 4.28. The molecule has 0 spiro atoms. The molecule has 152 valence electrons. The van der Waals surface area contributed by atoms with Gasteiger partial charge in [-0.1, -0.05) is 55.2 Å². The highest BCUT2D eigenvalue weighted by molar-refractivity contribution is 5.51. The molecule has 0 amide bonds. The van der Waals surface area contributed by atoms with Crippen molar-refractivity contribution in [3.63, 3.8) is 0 Å². The lowest BCUT2D eigenvalue weighted by atomic mass is 10.2. The second-order valence-corrected chi connectivity index (χ2v) is 6.77. The van der Waals surface area contributed by atoms with E-state index in [9.17, 15) is 0 Å². The summed E-state index contributed by atoms with van der Waals surface area (Å²) in [6.07, 6.45) is 13.8. The molecule has 1 aromatic rings. The van der Waals surface area contributed by atoms with Crippen LogP contribution in [-0.4, -0.2) is 44.3 Å². The fourth-order valence-electron chi connectivity index (χ4n) is 2.42. The zero-order valence-electron chi connectivity index (χ0n) is 17.7. The molecule has 28 heavy (non-hydrogen) atoms. The first kappa shape index (κ1) is 23.6. The van der Waals surface area contributed by atoms with Crippen LogP contribution in [0.2, 0.25) is 0 Å². The third-order valence-corrected chi connectivity index (χ3v) is 4.28. The van der Waals surface area contributed by atoms with Crippen LogP contribution in [0, 0.1) is 0 Å². The van der Waals surface area contributed by atoms with Crippen LogP contribution in [0.5, 0.6) is 0 Å². The summed E-state index contributed by atoms with van der Waals surface area (Å²) >= 11 is 0. The Hall–Kier alpha value is -2.43. The molecule has 0 saturated carbocycles. The highest BCUT2D eigenvalue weighted by Gasteiger charge is 2.10. The van der Waals surface area contributed by atoms with E-state index in [1.54, 1.807) is 6.08 Å². The van der Waals surface area contributed by atoms with Crippen molar-refractivity contribution in [3.05, 3.63) is 78.6 Å². The van der Waals surface area contributed by atoms with E-state index in [0.717, 1.165) is 56.2 Å². The van der Waals surface area contributed by atoms with Gasteiger partial charge in [0.15, 0.2) is 0 Å². The molecule has 0 unspecified atom stereocenters. The number of aromatic nitrogens is 1. The Morgan fingerprint density at radius 1 is 1.25 bits per heavy atom. The number of piperazine rings is 1. The van der Waals surface area contributed by atoms with Crippen molar-refractivity contribution < 1.29 is 0 Å². The van der Waals surface area contributed by atoms with Gasteiger partial charge in [-0.2, -0.15) is 0 Å². The monoisotopic (exact) mass is 380 g/mol. The number of hydrogen-bond acceptors (Lipinski definition) is 4. The highest BCUT2D eigenvalue weighted by Crippen LogP contribution is 2.12. The molecule has 1 saturated heterocycles. The average Bonchev–Trinajstić information content (AvgIpc) is 2.74. The van der Waals surface area contributed by atoms with Crippen LogP contribution in [0.25, 0.3) is 6.08 Å². The smallest absolute Gasteiger partial charge is 0.128 e. The first-order valence-corrected chi connectivity index (χ1v) is 9.93. The molecule has 0 atom stereocenters. The molecule has 2 heterocycles. The number of rotatable bonds is 8. The molecule has 1 aliphatic rings. The molecule has 0 bridgehead atoms. The molecular formula is C24H36N4. The van der Waals surface area contributed by atoms with E-state index in [0.29, 0.717) is 0 Å². The summed E-state index contributed by atoms with van der Waals surface area (Å²) in [6.45, 7) is 19.4. The molecule has 2 rings (SSSR count). The Bertz CT molecular complexity index is 658. The van der Waals surface area contributed by atoms with E-state index in [1.165, 1.54) is 5.57 Å². The molecule has 0 aliphatic carbocycles. The Kier molecular flexibility index (Phi) is 12.3. The van der Waals surface area contributed by atoms with Gasteiger partial charge >= 0.3 is 0 Å². The second kappa shape index (κ2) is 14.6. The Balaban J connectivity index is 0.000000696. The van der Waals surface area contributed by atoms with Crippen molar-refractivity contribution in [2.75, 3.05) is 44.2 Å². The maximum atomic E-state index is 4.56. The van der Waals surface area contributed by atoms with Gasteiger partial charge < -0.3 is 15.5 Å². The topological polar surface area (TPSA) is 40.2 Å². The van der Waals surface area contributed by atoms with E-state index < -0.39 is 0 Å². The Morgan fingerprint density at radius 2 is 1.96 bits per heavy atom. The summed E-state index contributed by atoms with van der Waals surface area (Å²) < 4.78 is 0. The van der Waals surface area contributed by atoms with E-state index in [4.69, 9.17) is 0 Å². The minimum absolute atomic E-state index is 0.792. The minimum Gasteiger partial charge on any atom is -0.354 e. The first-order chi connectivity index (χ1) is 13.6.